The van der Waals surface area contributed by atoms with Crippen molar-refractivity contribution < 1.29 is 10.2 Å². The van der Waals surface area contributed by atoms with Crippen molar-refractivity contribution >= 4 is 5.82 Å². The monoisotopic (exact) mass is 250 g/mol. The summed E-state index contributed by atoms with van der Waals surface area (Å²) in [7, 11) is 0. The molecule has 0 aliphatic carbocycles. The van der Waals surface area contributed by atoms with Gasteiger partial charge in [0, 0.05) is 19.3 Å². The Morgan fingerprint density at radius 3 is 2.72 bits per heavy atom. The normalized spacial score (nSPS) is 26.8. The van der Waals surface area contributed by atoms with Gasteiger partial charge in [-0.2, -0.15) is 0 Å². The number of hydrogen-bond donors (Lipinski definition) is 2. The summed E-state index contributed by atoms with van der Waals surface area (Å²) in [6, 6.07) is 3.86. The molecule has 4 heteroatoms. The van der Waals surface area contributed by atoms with Crippen molar-refractivity contribution in [1.82, 2.24) is 4.98 Å². The van der Waals surface area contributed by atoms with Gasteiger partial charge in [0.25, 0.3) is 0 Å². The van der Waals surface area contributed by atoms with E-state index in [0.29, 0.717) is 0 Å². The summed E-state index contributed by atoms with van der Waals surface area (Å²) >= 11 is 0. The van der Waals surface area contributed by atoms with Crippen LogP contribution in [0.3, 0.4) is 0 Å². The van der Waals surface area contributed by atoms with Crippen molar-refractivity contribution in [3.8, 4) is 0 Å². The van der Waals surface area contributed by atoms with Crippen LogP contribution in [0, 0.1) is 0 Å². The summed E-state index contributed by atoms with van der Waals surface area (Å²) in [5.74, 6) is 0.928. The molecule has 1 aromatic rings. The summed E-state index contributed by atoms with van der Waals surface area (Å²) in [5.41, 5.74) is 0.287. The van der Waals surface area contributed by atoms with Gasteiger partial charge in [0.05, 0.1) is 11.7 Å². The molecule has 18 heavy (non-hydrogen) atoms. The number of aliphatic hydroxyl groups excluding tert-OH is 1. The highest BCUT2D eigenvalue weighted by molar-refractivity contribution is 5.39. The van der Waals surface area contributed by atoms with Gasteiger partial charge >= 0.3 is 0 Å². The molecule has 0 spiro atoms. The van der Waals surface area contributed by atoms with Gasteiger partial charge in [-0.3, -0.25) is 0 Å². The number of pyridine rings is 1. The highest BCUT2D eigenvalue weighted by atomic mass is 16.3. The molecule has 1 unspecified atom stereocenters. The quantitative estimate of drug-likeness (QED) is 0.841. The Morgan fingerprint density at radius 2 is 2.11 bits per heavy atom. The highest BCUT2D eigenvalue weighted by Crippen LogP contribution is 2.24. The third kappa shape index (κ3) is 3.21. The summed E-state index contributed by atoms with van der Waals surface area (Å²) < 4.78 is 0. The Morgan fingerprint density at radius 1 is 1.33 bits per heavy atom. The molecule has 1 aromatic heterocycles. The zero-order valence-electron chi connectivity index (χ0n) is 11.1. The number of nitrogens with zero attached hydrogens (tertiary/aromatic N) is 2. The molecule has 2 rings (SSSR count). The lowest BCUT2D eigenvalue weighted by Gasteiger charge is -2.23. The van der Waals surface area contributed by atoms with E-state index in [0.717, 1.165) is 43.7 Å². The predicted molar refractivity (Wildman–Crippen MR) is 71.6 cm³/mol. The van der Waals surface area contributed by atoms with Crippen LogP contribution in [0.25, 0.3) is 0 Å². The lowest BCUT2D eigenvalue weighted by Crippen LogP contribution is -2.28. The minimum Gasteiger partial charge on any atom is -0.390 e. The van der Waals surface area contributed by atoms with E-state index in [1.165, 1.54) is 0 Å². The summed E-state index contributed by atoms with van der Waals surface area (Å²) in [4.78, 5) is 6.60. The van der Waals surface area contributed by atoms with Gasteiger partial charge < -0.3 is 15.1 Å². The molecule has 1 aliphatic rings. The second-order valence-electron chi connectivity index (χ2n) is 5.46. The Bertz CT molecular complexity index is 387. The lowest BCUT2D eigenvalue weighted by molar-refractivity contribution is 0.0481. The zero-order chi connectivity index (χ0) is 13.2. The minimum atomic E-state index is -0.547. The van der Waals surface area contributed by atoms with Crippen LogP contribution >= 0.6 is 0 Å². The first kappa shape index (κ1) is 13.3. The van der Waals surface area contributed by atoms with Crippen LogP contribution in [0.1, 0.15) is 44.8 Å². The van der Waals surface area contributed by atoms with E-state index in [1.807, 2.05) is 19.1 Å². The first-order valence-corrected chi connectivity index (χ1v) is 6.59. The van der Waals surface area contributed by atoms with Gasteiger partial charge in [-0.1, -0.05) is 6.07 Å². The first-order chi connectivity index (χ1) is 8.48. The molecule has 4 nitrogen and oxygen atoms in total. The smallest absolute Gasteiger partial charge is 0.128 e. The maximum atomic E-state index is 10.1. The van der Waals surface area contributed by atoms with Crippen molar-refractivity contribution in [3.05, 3.63) is 23.9 Å². The third-order valence-corrected chi connectivity index (χ3v) is 3.64. The molecule has 2 heterocycles. The molecular formula is C14H22N2O2. The van der Waals surface area contributed by atoms with Crippen molar-refractivity contribution in [2.45, 2.75) is 44.8 Å². The minimum absolute atomic E-state index is 0.476. The number of aliphatic hydroxyl groups is 2. The Kier molecular flexibility index (Phi) is 3.88. The SMILES string of the molecule is C[C@@H](O)c1ccc(N2CCCC(C)(O)CC2)nc1. The molecule has 0 aromatic carbocycles. The summed E-state index contributed by atoms with van der Waals surface area (Å²) in [5, 5.41) is 19.5. The zero-order valence-corrected chi connectivity index (χ0v) is 11.1. The second kappa shape index (κ2) is 5.24. The van der Waals surface area contributed by atoms with Gasteiger partial charge in [-0.15, -0.1) is 0 Å². The molecule has 2 N–H and O–H groups in total. The van der Waals surface area contributed by atoms with Gasteiger partial charge in [-0.05, 0) is 44.7 Å². The van der Waals surface area contributed by atoms with E-state index in [-0.39, 0.29) is 0 Å². The van der Waals surface area contributed by atoms with Gasteiger partial charge in [-0.25, -0.2) is 4.98 Å². The van der Waals surface area contributed by atoms with Crippen LogP contribution in [-0.2, 0) is 0 Å². The Labute approximate surface area is 108 Å². The molecule has 0 amide bonds. The second-order valence-corrected chi connectivity index (χ2v) is 5.46. The van der Waals surface area contributed by atoms with Gasteiger partial charge in [0.2, 0.25) is 0 Å². The Hall–Kier alpha value is -1.13. The molecule has 0 bridgehead atoms. The number of anilines is 1. The van der Waals surface area contributed by atoms with Crippen molar-refractivity contribution in [1.29, 1.82) is 0 Å². The molecule has 1 fully saturated rings. The Balaban J connectivity index is 2.07. The third-order valence-electron chi connectivity index (χ3n) is 3.64. The molecular weight excluding hydrogens is 228 g/mol. The molecule has 0 radical (unpaired) electrons. The van der Waals surface area contributed by atoms with E-state index in [2.05, 4.69) is 9.88 Å². The number of rotatable bonds is 2. The summed E-state index contributed by atoms with van der Waals surface area (Å²) in [6.07, 6.45) is 3.84. The van der Waals surface area contributed by atoms with Crippen molar-refractivity contribution in [2.24, 2.45) is 0 Å². The molecule has 0 saturated carbocycles. The number of aromatic nitrogens is 1. The molecule has 1 aliphatic heterocycles. The average Bonchev–Trinajstić information content (AvgIpc) is 2.50. The van der Waals surface area contributed by atoms with Crippen LogP contribution in [0.2, 0.25) is 0 Å². The fourth-order valence-electron chi connectivity index (χ4n) is 2.32. The van der Waals surface area contributed by atoms with E-state index in [9.17, 15) is 10.2 Å². The fraction of sp³-hybridized carbons (Fsp3) is 0.643. The summed E-state index contributed by atoms with van der Waals surface area (Å²) in [6.45, 7) is 5.39. The standard InChI is InChI=1S/C14H22N2O2/c1-11(17)12-4-5-13(15-10-12)16-8-3-6-14(2,18)7-9-16/h4-5,10-11,17-18H,3,6-9H2,1-2H3/t11-,14?/m1/s1. The predicted octanol–water partition coefficient (Wildman–Crippen LogP) is 1.88. The highest BCUT2D eigenvalue weighted by Gasteiger charge is 2.25. The van der Waals surface area contributed by atoms with Crippen LogP contribution in [-0.4, -0.2) is 33.9 Å². The van der Waals surface area contributed by atoms with Crippen LogP contribution < -0.4 is 4.90 Å². The van der Waals surface area contributed by atoms with Gasteiger partial charge in [0.15, 0.2) is 0 Å². The molecule has 100 valence electrons. The van der Waals surface area contributed by atoms with Crippen LogP contribution in [0.5, 0.6) is 0 Å². The van der Waals surface area contributed by atoms with Crippen molar-refractivity contribution in [2.75, 3.05) is 18.0 Å². The first-order valence-electron chi connectivity index (χ1n) is 6.59. The maximum absolute atomic E-state index is 10.1. The van der Waals surface area contributed by atoms with E-state index in [4.69, 9.17) is 0 Å². The van der Waals surface area contributed by atoms with Gasteiger partial charge in [0.1, 0.15) is 5.82 Å². The molecule has 1 saturated heterocycles. The van der Waals surface area contributed by atoms with Crippen molar-refractivity contribution in [3.63, 3.8) is 0 Å². The van der Waals surface area contributed by atoms with Crippen LogP contribution in [0.15, 0.2) is 18.3 Å². The van der Waals surface area contributed by atoms with E-state index >= 15 is 0 Å². The van der Waals surface area contributed by atoms with E-state index in [1.54, 1.807) is 13.1 Å². The maximum Gasteiger partial charge on any atom is 0.128 e. The molecule has 2 atom stereocenters. The lowest BCUT2D eigenvalue weighted by atomic mass is 9.98. The number of hydrogen-bond acceptors (Lipinski definition) is 4. The fourth-order valence-corrected chi connectivity index (χ4v) is 2.32. The topological polar surface area (TPSA) is 56.6 Å². The largest absolute Gasteiger partial charge is 0.390 e. The van der Waals surface area contributed by atoms with Crippen LogP contribution in [0.4, 0.5) is 5.82 Å². The van der Waals surface area contributed by atoms with E-state index < -0.39 is 11.7 Å². The average molecular weight is 250 g/mol.